The summed E-state index contributed by atoms with van der Waals surface area (Å²) in [4.78, 5) is 0. The maximum Gasteiger partial charge on any atom is 0.136 e. The minimum absolute atomic E-state index is 0.116. The smallest absolute Gasteiger partial charge is 0.136 e. The van der Waals surface area contributed by atoms with Gasteiger partial charge in [-0.2, -0.15) is 0 Å². The molecule has 0 aromatic heterocycles. The zero-order valence-corrected chi connectivity index (χ0v) is 13.0. The van der Waals surface area contributed by atoms with E-state index in [9.17, 15) is 4.57 Å². The highest BCUT2D eigenvalue weighted by Crippen LogP contribution is 2.25. The molecular formula is C16H17ClOP. The molecule has 0 amide bonds. The Bertz CT molecular complexity index is 580. The van der Waals surface area contributed by atoms with Gasteiger partial charge in [0.25, 0.3) is 0 Å². The third-order valence-corrected chi connectivity index (χ3v) is 4.82. The zero-order valence-electron chi connectivity index (χ0n) is 11.4. The van der Waals surface area contributed by atoms with Crippen molar-refractivity contribution in [2.75, 3.05) is 0 Å². The van der Waals surface area contributed by atoms with Crippen LogP contribution in [0.5, 0.6) is 0 Å². The van der Waals surface area contributed by atoms with Gasteiger partial charge in [-0.25, -0.2) is 0 Å². The van der Waals surface area contributed by atoms with E-state index in [2.05, 4.69) is 32.9 Å². The third-order valence-electron chi connectivity index (χ3n) is 3.03. The first-order valence-electron chi connectivity index (χ1n) is 6.21. The van der Waals surface area contributed by atoms with Crippen LogP contribution in [0.25, 0.3) is 0 Å². The van der Waals surface area contributed by atoms with Crippen LogP contribution in [0.1, 0.15) is 26.3 Å². The molecule has 1 atom stereocenters. The van der Waals surface area contributed by atoms with Crippen molar-refractivity contribution in [3.63, 3.8) is 0 Å². The van der Waals surface area contributed by atoms with Gasteiger partial charge in [-0.05, 0) is 47.4 Å². The molecule has 0 spiro atoms. The number of rotatable bonds is 2. The summed E-state index contributed by atoms with van der Waals surface area (Å²) in [5, 5.41) is 2.32. The Morgan fingerprint density at radius 1 is 0.842 bits per heavy atom. The highest BCUT2D eigenvalue weighted by molar-refractivity contribution is 7.61. The lowest BCUT2D eigenvalue weighted by Crippen LogP contribution is -2.13. The molecule has 0 fully saturated rings. The number of halogens is 1. The van der Waals surface area contributed by atoms with Crippen molar-refractivity contribution in [2.45, 2.75) is 26.2 Å². The van der Waals surface area contributed by atoms with Crippen LogP contribution >= 0.6 is 19.4 Å². The Hall–Kier alpha value is -1.17. The summed E-state index contributed by atoms with van der Waals surface area (Å²) in [5.74, 6) is 0. The molecule has 0 saturated carbocycles. The van der Waals surface area contributed by atoms with Gasteiger partial charge >= 0.3 is 0 Å². The quantitative estimate of drug-likeness (QED) is 0.749. The maximum atomic E-state index is 12.4. The number of benzene rings is 2. The molecule has 1 radical (unpaired) electrons. The number of hydrogen-bond donors (Lipinski definition) is 0. The SMILES string of the molecule is CC(C)(C)c1ccc([P](=O)c2ccc(Cl)cc2)cc1. The van der Waals surface area contributed by atoms with Crippen molar-refractivity contribution in [3.05, 3.63) is 59.1 Å². The molecule has 19 heavy (non-hydrogen) atoms. The van der Waals surface area contributed by atoms with Gasteiger partial charge < -0.3 is 0 Å². The molecule has 2 aromatic carbocycles. The highest BCUT2D eigenvalue weighted by atomic mass is 35.5. The van der Waals surface area contributed by atoms with E-state index in [4.69, 9.17) is 11.6 Å². The largest absolute Gasteiger partial charge is 0.277 e. The molecule has 0 N–H and O–H groups in total. The van der Waals surface area contributed by atoms with Crippen LogP contribution in [0.15, 0.2) is 48.5 Å². The molecule has 1 unspecified atom stereocenters. The summed E-state index contributed by atoms with van der Waals surface area (Å²) >= 11 is 5.84. The van der Waals surface area contributed by atoms with E-state index in [0.29, 0.717) is 5.02 Å². The fourth-order valence-electron chi connectivity index (χ4n) is 1.82. The predicted molar refractivity (Wildman–Crippen MR) is 83.5 cm³/mol. The van der Waals surface area contributed by atoms with Gasteiger partial charge in [0, 0.05) is 15.6 Å². The maximum absolute atomic E-state index is 12.4. The topological polar surface area (TPSA) is 17.1 Å². The lowest BCUT2D eigenvalue weighted by Gasteiger charge is -2.19. The van der Waals surface area contributed by atoms with Crippen LogP contribution in [0.3, 0.4) is 0 Å². The first-order chi connectivity index (χ1) is 8.88. The second-order valence-corrected chi connectivity index (χ2v) is 7.63. The molecule has 2 rings (SSSR count). The van der Waals surface area contributed by atoms with Crippen molar-refractivity contribution in [1.29, 1.82) is 0 Å². The second-order valence-electron chi connectivity index (χ2n) is 5.57. The molecule has 0 aliphatic carbocycles. The fraction of sp³-hybridized carbons (Fsp3) is 0.250. The summed E-state index contributed by atoms with van der Waals surface area (Å²) < 4.78 is 12.4. The average Bonchev–Trinajstić information content (AvgIpc) is 2.38. The first kappa shape index (κ1) is 14.2. The van der Waals surface area contributed by atoms with E-state index in [1.54, 1.807) is 12.1 Å². The van der Waals surface area contributed by atoms with Crippen molar-refractivity contribution >= 4 is 30.0 Å². The molecule has 0 aliphatic rings. The van der Waals surface area contributed by atoms with Crippen molar-refractivity contribution in [1.82, 2.24) is 0 Å². The van der Waals surface area contributed by atoms with Crippen LogP contribution in [0, 0.1) is 0 Å². The van der Waals surface area contributed by atoms with Gasteiger partial charge in [-0.3, -0.25) is 4.57 Å². The highest BCUT2D eigenvalue weighted by Gasteiger charge is 2.14. The van der Waals surface area contributed by atoms with E-state index in [-0.39, 0.29) is 5.41 Å². The van der Waals surface area contributed by atoms with Crippen LogP contribution in [-0.4, -0.2) is 0 Å². The van der Waals surface area contributed by atoms with E-state index in [1.807, 2.05) is 24.3 Å². The summed E-state index contributed by atoms with van der Waals surface area (Å²) in [5.41, 5.74) is 1.36. The lowest BCUT2D eigenvalue weighted by atomic mass is 9.87. The standard InChI is InChI=1S/C16H17ClOP/c1-16(2,3)12-4-8-14(9-5-12)19(18)15-10-6-13(17)7-11-15/h4-11H,1-3H3. The molecule has 0 aliphatic heterocycles. The van der Waals surface area contributed by atoms with Gasteiger partial charge in [0.1, 0.15) is 7.80 Å². The Kier molecular flexibility index (Phi) is 4.08. The first-order valence-corrected chi connectivity index (χ1v) is 7.85. The fourth-order valence-corrected chi connectivity index (χ4v) is 3.09. The molecule has 99 valence electrons. The van der Waals surface area contributed by atoms with E-state index < -0.39 is 7.80 Å². The Labute approximate surface area is 120 Å². The van der Waals surface area contributed by atoms with Gasteiger partial charge in [-0.1, -0.05) is 44.5 Å². The van der Waals surface area contributed by atoms with Crippen LogP contribution in [0.4, 0.5) is 0 Å². The zero-order chi connectivity index (χ0) is 14.0. The van der Waals surface area contributed by atoms with Gasteiger partial charge in [0.2, 0.25) is 0 Å². The van der Waals surface area contributed by atoms with Crippen molar-refractivity contribution < 1.29 is 4.57 Å². The molecule has 1 nitrogen and oxygen atoms in total. The average molecular weight is 292 g/mol. The van der Waals surface area contributed by atoms with Crippen molar-refractivity contribution in [2.24, 2.45) is 0 Å². The third kappa shape index (κ3) is 3.43. The molecular weight excluding hydrogens is 275 g/mol. The predicted octanol–water partition coefficient (Wildman–Crippen LogP) is 4.42. The molecule has 2 aromatic rings. The minimum atomic E-state index is -1.54. The minimum Gasteiger partial charge on any atom is -0.277 e. The van der Waals surface area contributed by atoms with Gasteiger partial charge in [0.15, 0.2) is 0 Å². The molecule has 0 saturated heterocycles. The number of hydrogen-bond acceptors (Lipinski definition) is 1. The summed E-state index contributed by atoms with van der Waals surface area (Å²) in [7, 11) is -1.54. The van der Waals surface area contributed by atoms with Crippen molar-refractivity contribution in [3.8, 4) is 0 Å². The van der Waals surface area contributed by atoms with Crippen LogP contribution in [0.2, 0.25) is 5.02 Å². The van der Waals surface area contributed by atoms with Gasteiger partial charge in [0.05, 0.1) is 0 Å². The normalized spacial score (nSPS) is 12.3. The lowest BCUT2D eigenvalue weighted by molar-refractivity contribution is 0.590. The van der Waals surface area contributed by atoms with Crippen LogP contribution in [-0.2, 0) is 9.98 Å². The van der Waals surface area contributed by atoms with E-state index in [0.717, 1.165) is 10.6 Å². The summed E-state index contributed by atoms with van der Waals surface area (Å²) in [6.07, 6.45) is 0. The Morgan fingerprint density at radius 2 is 1.26 bits per heavy atom. The Balaban J connectivity index is 2.27. The monoisotopic (exact) mass is 291 g/mol. The molecule has 3 heteroatoms. The summed E-state index contributed by atoms with van der Waals surface area (Å²) in [6, 6.07) is 15.2. The van der Waals surface area contributed by atoms with E-state index >= 15 is 0 Å². The molecule has 0 heterocycles. The summed E-state index contributed by atoms with van der Waals surface area (Å²) in [6.45, 7) is 6.50. The van der Waals surface area contributed by atoms with E-state index in [1.165, 1.54) is 5.56 Å². The molecule has 0 bridgehead atoms. The Morgan fingerprint density at radius 3 is 1.68 bits per heavy atom. The second kappa shape index (κ2) is 5.45. The van der Waals surface area contributed by atoms with Gasteiger partial charge in [-0.15, -0.1) is 0 Å². The van der Waals surface area contributed by atoms with Crippen LogP contribution < -0.4 is 10.6 Å².